The lowest BCUT2D eigenvalue weighted by Crippen LogP contribution is -2.34. The Morgan fingerprint density at radius 1 is 1.11 bits per heavy atom. The molecule has 2 aromatic carbocycles. The standard InChI is InChI=1S/C23H19Cl2F3N2O4S2/c1-13-18(25)11-19(21(29-13)22(31)15-6-4-5-7-20(15)35-3)30(12-34-2)36(32,33)14-8-9-17(24)16(10-14)23(26,27)28/h4-11H,12H2,1-3H3. The molecule has 0 spiro atoms. The molecule has 3 rings (SSSR count). The van der Waals surface area contributed by atoms with Crippen LogP contribution in [0.25, 0.3) is 0 Å². The Labute approximate surface area is 220 Å². The van der Waals surface area contributed by atoms with Crippen LogP contribution >= 0.6 is 35.0 Å². The quantitative estimate of drug-likeness (QED) is 0.173. The maximum Gasteiger partial charge on any atom is 0.417 e. The van der Waals surface area contributed by atoms with Crippen LogP contribution in [0.1, 0.15) is 27.3 Å². The van der Waals surface area contributed by atoms with Crippen molar-refractivity contribution in [3.8, 4) is 0 Å². The van der Waals surface area contributed by atoms with E-state index in [9.17, 15) is 26.4 Å². The van der Waals surface area contributed by atoms with Gasteiger partial charge in [-0.15, -0.1) is 11.8 Å². The van der Waals surface area contributed by atoms with Gasteiger partial charge >= 0.3 is 6.18 Å². The first-order valence-corrected chi connectivity index (χ1v) is 13.5. The molecule has 1 aromatic heterocycles. The van der Waals surface area contributed by atoms with Gasteiger partial charge in [-0.1, -0.05) is 35.3 Å². The Kier molecular flexibility index (Phi) is 8.62. The number of rotatable bonds is 8. The van der Waals surface area contributed by atoms with Crippen molar-refractivity contribution in [2.75, 3.05) is 24.4 Å². The summed E-state index contributed by atoms with van der Waals surface area (Å²) in [6, 6.07) is 10.1. The molecule has 0 aliphatic heterocycles. The Balaban J connectivity index is 2.26. The summed E-state index contributed by atoms with van der Waals surface area (Å²) in [5, 5.41) is -0.618. The topological polar surface area (TPSA) is 76.6 Å². The molecule has 0 radical (unpaired) electrons. The van der Waals surface area contributed by atoms with Gasteiger partial charge in [-0.2, -0.15) is 13.2 Å². The number of sulfonamides is 1. The number of aromatic nitrogens is 1. The number of aryl methyl sites for hydroxylation is 1. The van der Waals surface area contributed by atoms with Gasteiger partial charge in [0.15, 0.2) is 0 Å². The van der Waals surface area contributed by atoms with Gasteiger partial charge in [-0.05, 0) is 49.6 Å². The first-order valence-electron chi connectivity index (χ1n) is 10.1. The second kappa shape index (κ2) is 11.0. The van der Waals surface area contributed by atoms with E-state index >= 15 is 0 Å². The monoisotopic (exact) mass is 578 g/mol. The molecular weight excluding hydrogens is 560 g/mol. The average molecular weight is 579 g/mol. The number of hydrogen-bond acceptors (Lipinski definition) is 6. The van der Waals surface area contributed by atoms with Crippen LogP contribution in [0.3, 0.4) is 0 Å². The number of carbonyl (C=O) groups excluding carboxylic acids is 1. The summed E-state index contributed by atoms with van der Waals surface area (Å²) >= 11 is 13.2. The number of nitrogens with zero attached hydrogens (tertiary/aromatic N) is 2. The molecule has 13 heteroatoms. The molecule has 0 unspecified atom stereocenters. The molecule has 0 saturated carbocycles. The second-order valence-electron chi connectivity index (χ2n) is 7.36. The number of thioether (sulfide) groups is 1. The minimum Gasteiger partial charge on any atom is -0.363 e. The number of anilines is 1. The lowest BCUT2D eigenvalue weighted by Gasteiger charge is -2.26. The van der Waals surface area contributed by atoms with Crippen LogP contribution in [-0.4, -0.2) is 39.3 Å². The molecule has 36 heavy (non-hydrogen) atoms. The van der Waals surface area contributed by atoms with Gasteiger partial charge in [-0.25, -0.2) is 17.7 Å². The van der Waals surface area contributed by atoms with Gasteiger partial charge in [0.05, 0.1) is 31.9 Å². The fourth-order valence-electron chi connectivity index (χ4n) is 3.28. The fourth-order valence-corrected chi connectivity index (χ4v) is 5.65. The Hall–Kier alpha value is -2.31. The van der Waals surface area contributed by atoms with E-state index < -0.39 is 44.2 Å². The van der Waals surface area contributed by atoms with Crippen molar-refractivity contribution in [2.24, 2.45) is 0 Å². The lowest BCUT2D eigenvalue weighted by atomic mass is 10.1. The molecule has 0 saturated heterocycles. The minimum absolute atomic E-state index is 0.0445. The predicted octanol–water partition coefficient (Wildman–Crippen LogP) is 6.47. The van der Waals surface area contributed by atoms with Gasteiger partial charge in [0.2, 0.25) is 5.78 Å². The van der Waals surface area contributed by atoms with Crippen LogP contribution in [0.4, 0.5) is 18.9 Å². The van der Waals surface area contributed by atoms with Crippen LogP contribution in [0, 0.1) is 6.92 Å². The average Bonchev–Trinajstić information content (AvgIpc) is 2.82. The first kappa shape index (κ1) is 28.3. The summed E-state index contributed by atoms with van der Waals surface area (Å²) in [4.78, 5) is 17.7. The molecule has 192 valence electrons. The Morgan fingerprint density at radius 2 is 1.78 bits per heavy atom. The van der Waals surface area contributed by atoms with Crippen molar-refractivity contribution < 1.29 is 31.1 Å². The minimum atomic E-state index is -4.90. The molecule has 0 aliphatic rings. The van der Waals surface area contributed by atoms with E-state index in [2.05, 4.69) is 4.98 Å². The second-order valence-corrected chi connectivity index (χ2v) is 10.9. The molecule has 0 aliphatic carbocycles. The SMILES string of the molecule is COCN(c1cc(Cl)c(C)nc1C(=O)c1ccccc1SC)S(=O)(=O)c1ccc(Cl)c(C(F)(F)F)c1. The molecule has 0 N–H and O–H groups in total. The molecule has 1 heterocycles. The third-order valence-corrected chi connectivity index (χ3v) is 8.28. The number of benzene rings is 2. The predicted molar refractivity (Wildman–Crippen MR) is 134 cm³/mol. The summed E-state index contributed by atoms with van der Waals surface area (Å²) in [6.07, 6.45) is -3.12. The molecule has 0 amide bonds. The highest BCUT2D eigenvalue weighted by atomic mass is 35.5. The number of hydrogen-bond donors (Lipinski definition) is 0. The Morgan fingerprint density at radius 3 is 2.39 bits per heavy atom. The highest BCUT2D eigenvalue weighted by Gasteiger charge is 2.37. The summed E-state index contributed by atoms with van der Waals surface area (Å²) < 4.78 is 73.2. The van der Waals surface area contributed by atoms with E-state index in [4.69, 9.17) is 27.9 Å². The number of carbonyl (C=O) groups is 1. The lowest BCUT2D eigenvalue weighted by molar-refractivity contribution is -0.137. The number of halogens is 5. The number of alkyl halides is 3. The maximum atomic E-state index is 13.6. The number of methoxy groups -OCH3 is 1. The zero-order valence-electron chi connectivity index (χ0n) is 19.1. The van der Waals surface area contributed by atoms with E-state index in [-0.39, 0.29) is 27.7 Å². The zero-order valence-corrected chi connectivity index (χ0v) is 22.2. The fraction of sp³-hybridized carbons (Fsp3) is 0.217. The smallest absolute Gasteiger partial charge is 0.363 e. The van der Waals surface area contributed by atoms with Crippen LogP contribution in [0.15, 0.2) is 58.3 Å². The summed E-state index contributed by atoms with van der Waals surface area (Å²) in [5.41, 5.74) is -1.32. The number of ketones is 1. The van der Waals surface area contributed by atoms with Gasteiger partial charge in [0.25, 0.3) is 10.0 Å². The molecule has 0 fully saturated rings. The van der Waals surface area contributed by atoms with E-state index in [0.717, 1.165) is 12.1 Å². The van der Waals surface area contributed by atoms with Gasteiger partial charge in [0, 0.05) is 17.6 Å². The largest absolute Gasteiger partial charge is 0.417 e. The Bertz CT molecular complexity index is 1420. The van der Waals surface area contributed by atoms with E-state index in [1.54, 1.807) is 30.5 Å². The maximum absolute atomic E-state index is 13.6. The summed E-state index contributed by atoms with van der Waals surface area (Å²) in [6.45, 7) is 0.894. The third kappa shape index (κ3) is 5.65. The number of pyridine rings is 1. The molecule has 0 atom stereocenters. The van der Waals surface area contributed by atoms with Crippen molar-refractivity contribution in [1.29, 1.82) is 0 Å². The van der Waals surface area contributed by atoms with E-state index in [0.29, 0.717) is 15.3 Å². The van der Waals surface area contributed by atoms with Crippen molar-refractivity contribution >= 4 is 56.5 Å². The highest BCUT2D eigenvalue weighted by Crippen LogP contribution is 2.38. The van der Waals surface area contributed by atoms with Gasteiger partial charge < -0.3 is 4.74 Å². The molecule has 0 bridgehead atoms. The van der Waals surface area contributed by atoms with E-state index in [1.807, 2.05) is 0 Å². The number of ether oxygens (including phenoxy) is 1. The first-order chi connectivity index (χ1) is 16.8. The summed E-state index contributed by atoms with van der Waals surface area (Å²) in [5.74, 6) is -0.599. The van der Waals surface area contributed by atoms with Crippen LogP contribution in [-0.2, 0) is 20.9 Å². The van der Waals surface area contributed by atoms with Crippen molar-refractivity contribution in [3.05, 3.63) is 81.1 Å². The third-order valence-electron chi connectivity index (χ3n) is 5.04. The summed E-state index contributed by atoms with van der Waals surface area (Å²) in [7, 11) is -3.51. The van der Waals surface area contributed by atoms with Crippen LogP contribution in [0.2, 0.25) is 10.0 Å². The normalized spacial score (nSPS) is 12.0. The molecule has 6 nitrogen and oxygen atoms in total. The van der Waals surface area contributed by atoms with Crippen molar-refractivity contribution in [1.82, 2.24) is 4.98 Å². The van der Waals surface area contributed by atoms with Gasteiger partial charge in [-0.3, -0.25) is 4.79 Å². The van der Waals surface area contributed by atoms with E-state index in [1.165, 1.54) is 31.9 Å². The van der Waals surface area contributed by atoms with Crippen molar-refractivity contribution in [3.63, 3.8) is 0 Å². The highest BCUT2D eigenvalue weighted by molar-refractivity contribution is 7.98. The zero-order chi connectivity index (χ0) is 26.8. The molecule has 3 aromatic rings. The van der Waals surface area contributed by atoms with Crippen LogP contribution in [0.5, 0.6) is 0 Å². The van der Waals surface area contributed by atoms with Gasteiger partial charge in [0.1, 0.15) is 12.4 Å². The van der Waals surface area contributed by atoms with Crippen molar-refractivity contribution in [2.45, 2.75) is 22.9 Å². The molecular formula is C23H19Cl2F3N2O4S2. The van der Waals surface area contributed by atoms with Crippen LogP contribution < -0.4 is 4.31 Å².